The van der Waals surface area contributed by atoms with E-state index in [1.54, 1.807) is 0 Å². The molecule has 0 bridgehead atoms. The summed E-state index contributed by atoms with van der Waals surface area (Å²) in [6.07, 6.45) is -3.40. The van der Waals surface area contributed by atoms with Gasteiger partial charge in [0.15, 0.2) is 0 Å². The van der Waals surface area contributed by atoms with Crippen LogP contribution in [0, 0.1) is 0 Å². The summed E-state index contributed by atoms with van der Waals surface area (Å²) in [5.41, 5.74) is 6.01. The maximum absolute atomic E-state index is 12.6. The topological polar surface area (TPSA) is 38.9 Å². The monoisotopic (exact) mass is 284 g/mol. The average Bonchev–Trinajstić information content (AvgIpc) is 2.37. The molecule has 0 radical (unpaired) electrons. The number of benzene rings is 1. The first kappa shape index (κ1) is 13.7. The van der Waals surface area contributed by atoms with Crippen LogP contribution in [0.5, 0.6) is 0 Å². The van der Waals surface area contributed by atoms with E-state index in [4.69, 9.17) is 5.73 Å². The molecule has 1 aromatic heterocycles. The summed E-state index contributed by atoms with van der Waals surface area (Å²) in [5.74, 6) is 0.562. The standard InChI is InChI=1S/C13H11F3N2S/c14-13(15,16)12-6-11(10(17)7-18-12)19-8-9-4-2-1-3-5-9/h1-7H,8,17H2. The van der Waals surface area contributed by atoms with Crippen LogP contribution in [0.15, 0.2) is 47.5 Å². The highest BCUT2D eigenvalue weighted by molar-refractivity contribution is 7.98. The maximum Gasteiger partial charge on any atom is 0.433 e. The Morgan fingerprint density at radius 2 is 1.84 bits per heavy atom. The molecule has 0 atom stereocenters. The highest BCUT2D eigenvalue weighted by Gasteiger charge is 2.32. The molecular weight excluding hydrogens is 273 g/mol. The van der Waals surface area contributed by atoms with Gasteiger partial charge in [0.25, 0.3) is 0 Å². The number of aromatic nitrogens is 1. The van der Waals surface area contributed by atoms with Crippen LogP contribution in [0.4, 0.5) is 18.9 Å². The Kier molecular flexibility index (Phi) is 3.99. The van der Waals surface area contributed by atoms with Gasteiger partial charge in [0.05, 0.1) is 11.9 Å². The second-order valence-electron chi connectivity index (χ2n) is 3.88. The molecule has 0 amide bonds. The minimum absolute atomic E-state index is 0.258. The van der Waals surface area contributed by atoms with E-state index in [0.29, 0.717) is 10.6 Å². The van der Waals surface area contributed by atoms with Gasteiger partial charge in [-0.1, -0.05) is 30.3 Å². The third-order valence-corrected chi connectivity index (χ3v) is 3.56. The molecule has 2 rings (SSSR count). The maximum atomic E-state index is 12.6. The SMILES string of the molecule is Nc1cnc(C(F)(F)F)cc1SCc1ccccc1. The molecule has 1 aromatic carbocycles. The Morgan fingerprint density at radius 3 is 2.47 bits per heavy atom. The van der Waals surface area contributed by atoms with Crippen LogP contribution >= 0.6 is 11.8 Å². The van der Waals surface area contributed by atoms with E-state index in [1.165, 1.54) is 11.8 Å². The van der Waals surface area contributed by atoms with Gasteiger partial charge >= 0.3 is 6.18 Å². The average molecular weight is 284 g/mol. The predicted molar refractivity (Wildman–Crippen MR) is 69.7 cm³/mol. The Balaban J connectivity index is 2.16. The minimum atomic E-state index is -4.45. The number of nitrogens with zero attached hydrogens (tertiary/aromatic N) is 1. The first-order chi connectivity index (χ1) is 8.97. The van der Waals surface area contributed by atoms with Gasteiger partial charge in [0.2, 0.25) is 0 Å². The Labute approximate surface area is 112 Å². The van der Waals surface area contributed by atoms with Crippen molar-refractivity contribution in [1.29, 1.82) is 0 Å². The van der Waals surface area contributed by atoms with Gasteiger partial charge in [-0.05, 0) is 11.6 Å². The number of rotatable bonds is 3. The van der Waals surface area contributed by atoms with E-state index in [1.807, 2.05) is 30.3 Å². The van der Waals surface area contributed by atoms with Gasteiger partial charge in [-0.3, -0.25) is 0 Å². The van der Waals surface area contributed by atoms with Gasteiger partial charge in [-0.2, -0.15) is 13.2 Å². The molecule has 0 aliphatic rings. The van der Waals surface area contributed by atoms with E-state index in [0.717, 1.165) is 17.8 Å². The molecular formula is C13H11F3N2S. The van der Waals surface area contributed by atoms with Gasteiger partial charge < -0.3 is 5.73 Å². The van der Waals surface area contributed by atoms with Gasteiger partial charge in [-0.25, -0.2) is 4.98 Å². The number of pyridine rings is 1. The number of hydrogen-bond acceptors (Lipinski definition) is 3. The van der Waals surface area contributed by atoms with Crippen molar-refractivity contribution in [3.05, 3.63) is 53.9 Å². The summed E-state index contributed by atoms with van der Waals surface area (Å²) in [7, 11) is 0. The number of thioether (sulfide) groups is 1. The quantitative estimate of drug-likeness (QED) is 0.867. The first-order valence-corrected chi connectivity index (χ1v) is 6.45. The van der Waals surface area contributed by atoms with Crippen molar-refractivity contribution in [3.8, 4) is 0 Å². The number of nitrogens with two attached hydrogens (primary N) is 1. The first-order valence-electron chi connectivity index (χ1n) is 5.46. The summed E-state index contributed by atoms with van der Waals surface area (Å²) in [5, 5.41) is 0. The van der Waals surface area contributed by atoms with Gasteiger partial charge in [-0.15, -0.1) is 11.8 Å². The molecule has 2 N–H and O–H groups in total. The second kappa shape index (κ2) is 5.52. The number of hydrogen-bond donors (Lipinski definition) is 1. The zero-order chi connectivity index (χ0) is 13.9. The van der Waals surface area contributed by atoms with E-state index in [-0.39, 0.29) is 5.69 Å². The molecule has 0 aliphatic carbocycles. The Bertz CT molecular complexity index is 556. The van der Waals surface area contributed by atoms with Crippen LogP contribution in [0.1, 0.15) is 11.3 Å². The van der Waals surface area contributed by atoms with Crippen molar-refractivity contribution in [2.45, 2.75) is 16.8 Å². The van der Waals surface area contributed by atoms with Crippen LogP contribution < -0.4 is 5.73 Å². The van der Waals surface area contributed by atoms with Crippen molar-refractivity contribution in [1.82, 2.24) is 4.98 Å². The third kappa shape index (κ3) is 3.64. The van der Waals surface area contributed by atoms with Crippen LogP contribution in [0.3, 0.4) is 0 Å². The molecule has 2 nitrogen and oxygen atoms in total. The molecule has 0 spiro atoms. The molecule has 6 heteroatoms. The number of alkyl halides is 3. The second-order valence-corrected chi connectivity index (χ2v) is 4.90. The smallest absolute Gasteiger partial charge is 0.397 e. The van der Waals surface area contributed by atoms with E-state index in [2.05, 4.69) is 4.98 Å². The molecule has 0 saturated carbocycles. The lowest BCUT2D eigenvalue weighted by molar-refractivity contribution is -0.141. The van der Waals surface area contributed by atoms with E-state index >= 15 is 0 Å². The van der Waals surface area contributed by atoms with Crippen molar-refractivity contribution in [2.75, 3.05) is 5.73 Å². The lowest BCUT2D eigenvalue weighted by Crippen LogP contribution is -2.08. The Hall–Kier alpha value is -1.69. The molecule has 0 unspecified atom stereocenters. The fraction of sp³-hybridized carbons (Fsp3) is 0.154. The lowest BCUT2D eigenvalue weighted by Gasteiger charge is -2.10. The fourth-order valence-electron chi connectivity index (χ4n) is 1.46. The number of anilines is 1. The molecule has 0 fully saturated rings. The van der Waals surface area contributed by atoms with Crippen molar-refractivity contribution < 1.29 is 13.2 Å². The lowest BCUT2D eigenvalue weighted by atomic mass is 10.2. The van der Waals surface area contributed by atoms with Crippen molar-refractivity contribution in [3.63, 3.8) is 0 Å². The van der Waals surface area contributed by atoms with Crippen LogP contribution in [-0.2, 0) is 11.9 Å². The van der Waals surface area contributed by atoms with Crippen LogP contribution in [0.25, 0.3) is 0 Å². The molecule has 0 saturated heterocycles. The van der Waals surface area contributed by atoms with E-state index in [9.17, 15) is 13.2 Å². The summed E-state index contributed by atoms with van der Waals surface area (Å²) in [6.45, 7) is 0. The van der Waals surface area contributed by atoms with Gasteiger partial charge in [0.1, 0.15) is 5.69 Å². The Morgan fingerprint density at radius 1 is 1.16 bits per heavy atom. The fourth-order valence-corrected chi connectivity index (χ4v) is 2.39. The van der Waals surface area contributed by atoms with Crippen molar-refractivity contribution >= 4 is 17.4 Å². The molecule has 1 heterocycles. The summed E-state index contributed by atoms with van der Waals surface area (Å²) >= 11 is 1.27. The number of nitrogen functional groups attached to an aromatic ring is 1. The highest BCUT2D eigenvalue weighted by atomic mass is 32.2. The zero-order valence-electron chi connectivity index (χ0n) is 9.82. The molecule has 100 valence electrons. The van der Waals surface area contributed by atoms with Crippen molar-refractivity contribution in [2.24, 2.45) is 0 Å². The van der Waals surface area contributed by atoms with Crippen LogP contribution in [-0.4, -0.2) is 4.98 Å². The third-order valence-electron chi connectivity index (χ3n) is 2.42. The van der Waals surface area contributed by atoms with Crippen LogP contribution in [0.2, 0.25) is 0 Å². The normalized spacial score (nSPS) is 11.5. The highest BCUT2D eigenvalue weighted by Crippen LogP contribution is 2.34. The zero-order valence-corrected chi connectivity index (χ0v) is 10.6. The molecule has 2 aromatic rings. The number of halogens is 3. The molecule has 0 aliphatic heterocycles. The summed E-state index contributed by atoms with van der Waals surface area (Å²) < 4.78 is 37.7. The molecule has 19 heavy (non-hydrogen) atoms. The van der Waals surface area contributed by atoms with E-state index < -0.39 is 11.9 Å². The summed E-state index contributed by atoms with van der Waals surface area (Å²) in [4.78, 5) is 3.70. The largest absolute Gasteiger partial charge is 0.433 e. The van der Waals surface area contributed by atoms with Gasteiger partial charge in [0, 0.05) is 10.6 Å². The summed E-state index contributed by atoms with van der Waals surface area (Å²) in [6, 6.07) is 10.5. The minimum Gasteiger partial charge on any atom is -0.397 e. The predicted octanol–water partition coefficient (Wildman–Crippen LogP) is 3.97.